The van der Waals surface area contributed by atoms with Crippen LogP contribution in [0.2, 0.25) is 0 Å². The molecule has 1 fully saturated rings. The van der Waals surface area contributed by atoms with Crippen molar-refractivity contribution in [2.45, 2.75) is 25.5 Å². The predicted octanol–water partition coefficient (Wildman–Crippen LogP) is 5.64. The summed E-state index contributed by atoms with van der Waals surface area (Å²) in [5.74, 6) is -0.794. The molecule has 3 heterocycles. The number of fused-ring (bicyclic) bond motifs is 3. The Morgan fingerprint density at radius 1 is 1.00 bits per heavy atom. The highest BCUT2D eigenvalue weighted by molar-refractivity contribution is 6.13. The number of non-ortho nitro benzene ring substituents is 1. The molecule has 0 saturated carbocycles. The number of amides is 1. The van der Waals surface area contributed by atoms with Crippen LogP contribution < -0.4 is 0 Å². The first-order chi connectivity index (χ1) is 19.0. The maximum absolute atomic E-state index is 13.8. The fraction of sp³-hybridized carbons (Fsp3) is 0.167. The molecular weight excluding hydrogens is 496 g/mol. The maximum Gasteiger partial charge on any atom is 0.329 e. The number of para-hydroxylation sites is 1. The molecule has 6 rings (SSSR count). The molecule has 9 nitrogen and oxygen atoms in total. The number of benzene rings is 3. The van der Waals surface area contributed by atoms with Gasteiger partial charge in [0.05, 0.1) is 16.1 Å². The van der Waals surface area contributed by atoms with Crippen molar-refractivity contribution in [3.8, 4) is 11.3 Å². The van der Waals surface area contributed by atoms with Crippen molar-refractivity contribution in [3.63, 3.8) is 0 Å². The Labute approximate surface area is 223 Å². The number of hydrogen-bond donors (Lipinski definition) is 1. The highest BCUT2D eigenvalue weighted by Gasteiger charge is 2.36. The molecule has 0 radical (unpaired) electrons. The lowest BCUT2D eigenvalue weighted by atomic mass is 10.1. The number of nitro groups is 1. The summed E-state index contributed by atoms with van der Waals surface area (Å²) in [6.45, 7) is 0.562. The number of nitro benzene ring substituents is 1. The number of aromatic amines is 1. The van der Waals surface area contributed by atoms with E-state index in [1.165, 1.54) is 17.0 Å². The van der Waals surface area contributed by atoms with Gasteiger partial charge in [-0.3, -0.25) is 14.9 Å². The Bertz CT molecular complexity index is 1710. The molecule has 1 saturated heterocycles. The van der Waals surface area contributed by atoms with Crippen LogP contribution in [0, 0.1) is 10.1 Å². The van der Waals surface area contributed by atoms with E-state index in [1.54, 1.807) is 18.2 Å². The zero-order valence-corrected chi connectivity index (χ0v) is 20.9. The molecule has 39 heavy (non-hydrogen) atoms. The second kappa shape index (κ2) is 10.0. The highest BCUT2D eigenvalue weighted by atomic mass is 16.6. The number of hydrogen-bond acceptors (Lipinski definition) is 6. The zero-order valence-electron chi connectivity index (χ0n) is 20.9. The van der Waals surface area contributed by atoms with Crippen LogP contribution in [0.1, 0.15) is 28.9 Å². The van der Waals surface area contributed by atoms with Gasteiger partial charge in [0.15, 0.2) is 0 Å². The van der Waals surface area contributed by atoms with Crippen molar-refractivity contribution in [2.75, 3.05) is 6.54 Å². The molecule has 3 aromatic carbocycles. The van der Waals surface area contributed by atoms with Gasteiger partial charge in [-0.1, -0.05) is 48.5 Å². The molecular formula is C30H24N4O5. The minimum Gasteiger partial charge on any atom is -0.459 e. The SMILES string of the molecule is O=C(OCc1ccccc1)[C@@H]1CCCN1C(=O)c1cc2c([nH]c3ccccc32)c(-c2ccc([N+](=O)[O-])cc2)n1. The molecule has 2 aromatic heterocycles. The van der Waals surface area contributed by atoms with Gasteiger partial charge in [0.25, 0.3) is 11.6 Å². The summed E-state index contributed by atoms with van der Waals surface area (Å²) in [7, 11) is 0. The minimum atomic E-state index is -0.690. The van der Waals surface area contributed by atoms with E-state index < -0.39 is 16.9 Å². The van der Waals surface area contributed by atoms with E-state index in [-0.39, 0.29) is 23.9 Å². The fourth-order valence-electron chi connectivity index (χ4n) is 5.13. The van der Waals surface area contributed by atoms with Crippen molar-refractivity contribution < 1.29 is 19.2 Å². The predicted molar refractivity (Wildman–Crippen MR) is 146 cm³/mol. The van der Waals surface area contributed by atoms with Crippen LogP contribution in [0.25, 0.3) is 33.1 Å². The molecule has 0 unspecified atom stereocenters. The van der Waals surface area contributed by atoms with Gasteiger partial charge in [-0.15, -0.1) is 0 Å². The van der Waals surface area contributed by atoms with Crippen LogP contribution in [-0.4, -0.2) is 44.3 Å². The summed E-state index contributed by atoms with van der Waals surface area (Å²) in [6, 6.07) is 24.3. The Kier molecular flexibility index (Phi) is 6.24. The van der Waals surface area contributed by atoms with E-state index in [4.69, 9.17) is 9.72 Å². The average molecular weight is 521 g/mol. The number of carbonyl (C=O) groups is 2. The number of esters is 1. The first-order valence-corrected chi connectivity index (χ1v) is 12.7. The van der Waals surface area contributed by atoms with E-state index in [1.807, 2.05) is 54.6 Å². The van der Waals surface area contributed by atoms with Crippen LogP contribution >= 0.6 is 0 Å². The number of pyridine rings is 1. The topological polar surface area (TPSA) is 118 Å². The lowest BCUT2D eigenvalue weighted by Gasteiger charge is -2.23. The van der Waals surface area contributed by atoms with Crippen LogP contribution in [0.3, 0.4) is 0 Å². The molecule has 9 heteroatoms. The second-order valence-electron chi connectivity index (χ2n) is 9.50. The Morgan fingerprint density at radius 3 is 2.51 bits per heavy atom. The lowest BCUT2D eigenvalue weighted by molar-refractivity contribution is -0.384. The van der Waals surface area contributed by atoms with Gasteiger partial charge < -0.3 is 14.6 Å². The highest BCUT2D eigenvalue weighted by Crippen LogP contribution is 2.34. The van der Waals surface area contributed by atoms with Crippen LogP contribution in [0.4, 0.5) is 5.69 Å². The van der Waals surface area contributed by atoms with Gasteiger partial charge in [0.1, 0.15) is 18.3 Å². The molecule has 1 aliphatic rings. The monoisotopic (exact) mass is 520 g/mol. The number of aromatic nitrogens is 2. The molecule has 0 spiro atoms. The molecule has 1 aliphatic heterocycles. The van der Waals surface area contributed by atoms with E-state index in [9.17, 15) is 19.7 Å². The van der Waals surface area contributed by atoms with Gasteiger partial charge in [-0.2, -0.15) is 0 Å². The molecule has 1 amide bonds. The second-order valence-corrected chi connectivity index (χ2v) is 9.50. The zero-order chi connectivity index (χ0) is 26.9. The van der Waals surface area contributed by atoms with Crippen molar-refractivity contribution in [1.82, 2.24) is 14.9 Å². The van der Waals surface area contributed by atoms with E-state index in [2.05, 4.69) is 4.98 Å². The Balaban J connectivity index is 1.37. The quantitative estimate of drug-likeness (QED) is 0.176. The van der Waals surface area contributed by atoms with Crippen molar-refractivity contribution in [2.24, 2.45) is 0 Å². The standard InChI is InChI=1S/C30H24N4O5/c35-29(33-16-6-11-26(33)30(36)39-18-19-7-2-1-3-8-19)25-17-23-22-9-4-5-10-24(22)31-28(23)27(32-25)20-12-14-21(15-13-20)34(37)38/h1-5,7-10,12-15,17,26,31H,6,11,16,18H2/t26-/m0/s1. The number of carbonyl (C=O) groups excluding carboxylic acids is 2. The van der Waals surface area contributed by atoms with Crippen LogP contribution in [0.15, 0.2) is 84.9 Å². The lowest BCUT2D eigenvalue weighted by Crippen LogP contribution is -2.41. The summed E-state index contributed by atoms with van der Waals surface area (Å²) in [4.78, 5) is 47.2. The van der Waals surface area contributed by atoms with Gasteiger partial charge in [-0.05, 0) is 42.7 Å². The molecule has 0 aliphatic carbocycles. The minimum absolute atomic E-state index is 0.0344. The summed E-state index contributed by atoms with van der Waals surface area (Å²) in [5, 5.41) is 12.9. The summed E-state index contributed by atoms with van der Waals surface area (Å²) < 4.78 is 5.55. The number of rotatable bonds is 6. The van der Waals surface area contributed by atoms with Crippen molar-refractivity contribution in [3.05, 3.63) is 106 Å². The Morgan fingerprint density at radius 2 is 1.74 bits per heavy atom. The largest absolute Gasteiger partial charge is 0.459 e. The first kappa shape index (κ1) is 24.3. The third kappa shape index (κ3) is 4.59. The van der Waals surface area contributed by atoms with Crippen molar-refractivity contribution >= 4 is 39.4 Å². The summed E-state index contributed by atoms with van der Waals surface area (Å²) >= 11 is 0. The molecule has 194 valence electrons. The van der Waals surface area contributed by atoms with Gasteiger partial charge in [0.2, 0.25) is 0 Å². The van der Waals surface area contributed by atoms with E-state index in [0.29, 0.717) is 30.6 Å². The smallest absolute Gasteiger partial charge is 0.329 e. The number of likely N-dealkylation sites (tertiary alicyclic amines) is 1. The van der Waals surface area contributed by atoms with Crippen molar-refractivity contribution in [1.29, 1.82) is 0 Å². The average Bonchev–Trinajstić information content (AvgIpc) is 3.61. The molecule has 1 N–H and O–H groups in total. The molecule has 0 bridgehead atoms. The normalized spacial score (nSPS) is 15.1. The van der Waals surface area contributed by atoms with Crippen LogP contribution in [0.5, 0.6) is 0 Å². The van der Waals surface area contributed by atoms with E-state index >= 15 is 0 Å². The van der Waals surface area contributed by atoms with Gasteiger partial charge in [0, 0.05) is 40.5 Å². The van der Waals surface area contributed by atoms with Gasteiger partial charge in [-0.25, -0.2) is 9.78 Å². The summed E-state index contributed by atoms with van der Waals surface area (Å²) in [6.07, 6.45) is 1.20. The Hall–Kier alpha value is -5.05. The number of H-pyrrole nitrogens is 1. The van der Waals surface area contributed by atoms with E-state index in [0.717, 1.165) is 27.4 Å². The number of ether oxygens (including phenoxy) is 1. The number of nitrogens with zero attached hydrogens (tertiary/aromatic N) is 3. The third-order valence-electron chi connectivity index (χ3n) is 7.08. The molecule has 1 atom stereocenters. The fourth-order valence-corrected chi connectivity index (χ4v) is 5.13. The van der Waals surface area contributed by atoms with Crippen LogP contribution in [-0.2, 0) is 16.1 Å². The molecule has 5 aromatic rings. The first-order valence-electron chi connectivity index (χ1n) is 12.7. The summed E-state index contributed by atoms with van der Waals surface area (Å²) in [5.41, 5.74) is 3.78. The third-order valence-corrected chi connectivity index (χ3v) is 7.08. The van der Waals surface area contributed by atoms with Gasteiger partial charge >= 0.3 is 5.97 Å². The maximum atomic E-state index is 13.8. The number of nitrogens with one attached hydrogen (secondary N) is 1.